The Morgan fingerprint density at radius 2 is 1.95 bits per heavy atom. The molecule has 21 heavy (non-hydrogen) atoms. The summed E-state index contributed by atoms with van der Waals surface area (Å²) in [6.45, 7) is 6.97. The van der Waals surface area contributed by atoms with Crippen LogP contribution in [0.1, 0.15) is 45.1 Å². The molecule has 1 aromatic carbocycles. The number of piperidine rings is 1. The van der Waals surface area contributed by atoms with Gasteiger partial charge in [0.05, 0.1) is 0 Å². The van der Waals surface area contributed by atoms with Crippen LogP contribution in [0.25, 0.3) is 0 Å². The van der Waals surface area contributed by atoms with Crippen molar-refractivity contribution in [3.63, 3.8) is 0 Å². The summed E-state index contributed by atoms with van der Waals surface area (Å²) in [7, 11) is 0. The van der Waals surface area contributed by atoms with Crippen LogP contribution < -0.4 is 5.32 Å². The van der Waals surface area contributed by atoms with E-state index >= 15 is 0 Å². The Labute approximate surface area is 137 Å². The van der Waals surface area contributed by atoms with Crippen LogP contribution in [0.4, 0.5) is 0 Å². The lowest BCUT2D eigenvalue weighted by atomic mass is 9.91. The number of benzene rings is 1. The fourth-order valence-electron chi connectivity index (χ4n) is 3.98. The van der Waals surface area contributed by atoms with Crippen molar-refractivity contribution >= 4 is 15.9 Å². The van der Waals surface area contributed by atoms with Gasteiger partial charge in [0.2, 0.25) is 0 Å². The van der Waals surface area contributed by atoms with Gasteiger partial charge in [0.15, 0.2) is 0 Å². The minimum Gasteiger partial charge on any atom is -0.311 e. The molecule has 0 spiro atoms. The van der Waals surface area contributed by atoms with E-state index in [1.54, 1.807) is 0 Å². The average molecular weight is 351 g/mol. The lowest BCUT2D eigenvalue weighted by Gasteiger charge is -2.35. The van der Waals surface area contributed by atoms with Crippen molar-refractivity contribution in [3.8, 4) is 0 Å². The molecule has 2 heterocycles. The molecule has 0 aliphatic carbocycles. The largest absolute Gasteiger partial charge is 0.311 e. The molecule has 3 heteroatoms. The summed E-state index contributed by atoms with van der Waals surface area (Å²) in [6.07, 6.45) is 5.54. The van der Waals surface area contributed by atoms with Crippen molar-refractivity contribution in [2.75, 3.05) is 6.54 Å². The van der Waals surface area contributed by atoms with Crippen LogP contribution in [-0.4, -0.2) is 29.6 Å². The van der Waals surface area contributed by atoms with Crippen LogP contribution >= 0.6 is 15.9 Å². The Morgan fingerprint density at radius 1 is 1.24 bits per heavy atom. The average Bonchev–Trinajstić information content (AvgIpc) is 2.77. The van der Waals surface area contributed by atoms with E-state index in [1.807, 2.05) is 0 Å². The Hall–Kier alpha value is -0.380. The normalized spacial score (nSPS) is 28.5. The van der Waals surface area contributed by atoms with Crippen LogP contribution in [0.3, 0.4) is 0 Å². The smallest absolute Gasteiger partial charge is 0.0236 e. The first-order valence-electron chi connectivity index (χ1n) is 8.34. The standard InChI is InChI=1S/C18H27BrN2/c1-13(2)21(11-14-4-3-5-16(19)8-14)12-15-9-17-6-7-18(10-15)20-17/h3-5,8,13,15,17-18,20H,6-7,9-12H2,1-2H3. The summed E-state index contributed by atoms with van der Waals surface area (Å²) < 4.78 is 1.18. The van der Waals surface area contributed by atoms with E-state index in [0.29, 0.717) is 6.04 Å². The Bertz CT molecular complexity index is 462. The van der Waals surface area contributed by atoms with Crippen molar-refractivity contribution < 1.29 is 0 Å². The fourth-order valence-corrected chi connectivity index (χ4v) is 4.43. The fraction of sp³-hybridized carbons (Fsp3) is 0.667. The predicted molar refractivity (Wildman–Crippen MR) is 92.4 cm³/mol. The van der Waals surface area contributed by atoms with E-state index in [9.17, 15) is 0 Å². The minimum absolute atomic E-state index is 0.608. The molecule has 2 aliphatic heterocycles. The summed E-state index contributed by atoms with van der Waals surface area (Å²) in [6, 6.07) is 10.9. The molecule has 2 atom stereocenters. The number of nitrogens with zero attached hydrogens (tertiary/aromatic N) is 1. The number of fused-ring (bicyclic) bond motifs is 2. The number of hydrogen-bond donors (Lipinski definition) is 1. The zero-order valence-corrected chi connectivity index (χ0v) is 14.8. The van der Waals surface area contributed by atoms with Crippen molar-refractivity contribution in [1.82, 2.24) is 10.2 Å². The van der Waals surface area contributed by atoms with E-state index in [1.165, 1.54) is 42.3 Å². The van der Waals surface area contributed by atoms with Crippen LogP contribution in [0, 0.1) is 5.92 Å². The lowest BCUT2D eigenvalue weighted by molar-refractivity contribution is 0.149. The molecule has 2 bridgehead atoms. The molecule has 1 N–H and O–H groups in total. The third-order valence-electron chi connectivity index (χ3n) is 5.07. The van der Waals surface area contributed by atoms with Gasteiger partial charge in [0.25, 0.3) is 0 Å². The maximum atomic E-state index is 3.76. The second-order valence-corrected chi connectivity index (χ2v) is 8.04. The quantitative estimate of drug-likeness (QED) is 0.856. The Morgan fingerprint density at radius 3 is 2.57 bits per heavy atom. The SMILES string of the molecule is CC(C)N(Cc1cccc(Br)c1)CC1CC2CCC(C1)N2. The highest BCUT2D eigenvalue weighted by Gasteiger charge is 2.34. The summed E-state index contributed by atoms with van der Waals surface area (Å²) in [5, 5.41) is 3.76. The maximum Gasteiger partial charge on any atom is 0.0236 e. The second-order valence-electron chi connectivity index (χ2n) is 7.13. The van der Waals surface area contributed by atoms with Gasteiger partial charge in [-0.05, 0) is 63.1 Å². The number of rotatable bonds is 5. The van der Waals surface area contributed by atoms with Crippen molar-refractivity contribution in [2.45, 2.75) is 64.2 Å². The molecule has 2 fully saturated rings. The van der Waals surface area contributed by atoms with E-state index in [-0.39, 0.29) is 0 Å². The van der Waals surface area contributed by atoms with Gasteiger partial charge in [-0.3, -0.25) is 4.90 Å². The first-order chi connectivity index (χ1) is 10.1. The van der Waals surface area contributed by atoms with E-state index < -0.39 is 0 Å². The Kier molecular flexibility index (Phi) is 5.03. The predicted octanol–water partition coefficient (Wildman–Crippen LogP) is 4.19. The van der Waals surface area contributed by atoms with Gasteiger partial charge in [-0.1, -0.05) is 28.1 Å². The molecule has 0 aromatic heterocycles. The van der Waals surface area contributed by atoms with Crippen LogP contribution in [0.15, 0.2) is 28.7 Å². The lowest BCUT2D eigenvalue weighted by Crippen LogP contribution is -2.43. The first kappa shape index (κ1) is 15.5. The molecular weight excluding hydrogens is 324 g/mol. The van der Waals surface area contributed by atoms with Crippen LogP contribution in [0.2, 0.25) is 0 Å². The third kappa shape index (κ3) is 4.08. The molecule has 2 aliphatic rings. The molecular formula is C18H27BrN2. The van der Waals surface area contributed by atoms with Gasteiger partial charge in [0.1, 0.15) is 0 Å². The zero-order valence-electron chi connectivity index (χ0n) is 13.2. The Balaban J connectivity index is 1.62. The van der Waals surface area contributed by atoms with Gasteiger partial charge < -0.3 is 5.32 Å². The molecule has 1 aromatic rings. The van der Waals surface area contributed by atoms with Gasteiger partial charge in [-0.2, -0.15) is 0 Å². The highest BCUT2D eigenvalue weighted by atomic mass is 79.9. The second kappa shape index (κ2) is 6.80. The van der Waals surface area contributed by atoms with E-state index in [2.05, 4.69) is 64.3 Å². The van der Waals surface area contributed by atoms with Crippen molar-refractivity contribution in [1.29, 1.82) is 0 Å². The highest BCUT2D eigenvalue weighted by Crippen LogP contribution is 2.32. The third-order valence-corrected chi connectivity index (χ3v) is 5.56. The number of nitrogens with one attached hydrogen (secondary N) is 1. The molecule has 2 saturated heterocycles. The molecule has 2 nitrogen and oxygen atoms in total. The molecule has 0 saturated carbocycles. The molecule has 3 rings (SSSR count). The van der Waals surface area contributed by atoms with Crippen LogP contribution in [-0.2, 0) is 6.54 Å². The maximum absolute atomic E-state index is 3.76. The summed E-state index contributed by atoms with van der Waals surface area (Å²) >= 11 is 3.58. The molecule has 2 unspecified atom stereocenters. The topological polar surface area (TPSA) is 15.3 Å². The van der Waals surface area contributed by atoms with Gasteiger partial charge in [0, 0.05) is 35.7 Å². The van der Waals surface area contributed by atoms with Crippen LogP contribution in [0.5, 0.6) is 0 Å². The summed E-state index contributed by atoms with van der Waals surface area (Å²) in [5.74, 6) is 0.873. The highest BCUT2D eigenvalue weighted by molar-refractivity contribution is 9.10. The van der Waals surface area contributed by atoms with E-state index in [0.717, 1.165) is 24.5 Å². The molecule has 0 amide bonds. The first-order valence-corrected chi connectivity index (χ1v) is 9.14. The minimum atomic E-state index is 0.608. The van der Waals surface area contributed by atoms with Crippen molar-refractivity contribution in [2.24, 2.45) is 5.92 Å². The molecule has 116 valence electrons. The zero-order chi connectivity index (χ0) is 14.8. The number of hydrogen-bond acceptors (Lipinski definition) is 2. The summed E-state index contributed by atoms with van der Waals surface area (Å²) in [5.41, 5.74) is 1.41. The monoisotopic (exact) mass is 350 g/mol. The van der Waals surface area contributed by atoms with Gasteiger partial charge >= 0.3 is 0 Å². The number of halogens is 1. The molecule has 0 radical (unpaired) electrons. The summed E-state index contributed by atoms with van der Waals surface area (Å²) in [4.78, 5) is 2.65. The van der Waals surface area contributed by atoms with Gasteiger partial charge in [-0.15, -0.1) is 0 Å². The van der Waals surface area contributed by atoms with E-state index in [4.69, 9.17) is 0 Å². The van der Waals surface area contributed by atoms with Crippen molar-refractivity contribution in [3.05, 3.63) is 34.3 Å². The van der Waals surface area contributed by atoms with Gasteiger partial charge in [-0.25, -0.2) is 0 Å².